The van der Waals surface area contributed by atoms with Crippen molar-refractivity contribution in [2.24, 2.45) is 0 Å². The van der Waals surface area contributed by atoms with E-state index in [0.717, 1.165) is 11.6 Å². The van der Waals surface area contributed by atoms with Crippen molar-refractivity contribution < 1.29 is 31.9 Å². The first-order chi connectivity index (χ1) is 15.6. The molecule has 0 N–H and O–H groups in total. The Bertz CT molecular complexity index is 1400. The Labute approximate surface area is 186 Å². The molecule has 1 heterocycles. The van der Waals surface area contributed by atoms with Gasteiger partial charge < -0.3 is 13.9 Å². The van der Waals surface area contributed by atoms with Gasteiger partial charge >= 0.3 is 12.1 Å². The molecule has 8 heteroatoms. The molecule has 0 unspecified atom stereocenters. The SMILES string of the molecule is Cc1ccc(Oc2c(C(F)(F)F)oc3cc(OC(=O)c4ccccc4C)ccc3c2=O)cc1. The summed E-state index contributed by atoms with van der Waals surface area (Å²) in [5.74, 6) is -3.25. The summed E-state index contributed by atoms with van der Waals surface area (Å²) in [6, 6.07) is 16.5. The zero-order valence-electron chi connectivity index (χ0n) is 17.5. The second kappa shape index (κ2) is 8.46. The molecule has 0 aliphatic rings. The van der Waals surface area contributed by atoms with Crippen molar-refractivity contribution in [3.63, 3.8) is 0 Å². The van der Waals surface area contributed by atoms with Gasteiger partial charge in [0.1, 0.15) is 17.1 Å². The number of carbonyl (C=O) groups is 1. The Morgan fingerprint density at radius 3 is 2.24 bits per heavy atom. The van der Waals surface area contributed by atoms with Gasteiger partial charge in [-0.25, -0.2) is 4.79 Å². The van der Waals surface area contributed by atoms with Crippen molar-refractivity contribution >= 4 is 16.9 Å². The molecule has 1 aromatic heterocycles. The van der Waals surface area contributed by atoms with Crippen LogP contribution in [0.25, 0.3) is 11.0 Å². The molecule has 0 atom stereocenters. The number of alkyl halides is 3. The predicted molar refractivity (Wildman–Crippen MR) is 115 cm³/mol. The molecule has 0 aliphatic carbocycles. The van der Waals surface area contributed by atoms with E-state index in [4.69, 9.17) is 13.9 Å². The quantitative estimate of drug-likeness (QED) is 0.262. The van der Waals surface area contributed by atoms with Crippen molar-refractivity contribution in [3.8, 4) is 17.2 Å². The molecule has 0 saturated heterocycles. The highest BCUT2D eigenvalue weighted by Gasteiger charge is 2.40. The van der Waals surface area contributed by atoms with Crippen LogP contribution in [0.1, 0.15) is 27.2 Å². The molecule has 33 heavy (non-hydrogen) atoms. The van der Waals surface area contributed by atoms with E-state index < -0.39 is 34.7 Å². The van der Waals surface area contributed by atoms with Gasteiger partial charge in [-0.1, -0.05) is 35.9 Å². The highest BCUT2D eigenvalue weighted by Crippen LogP contribution is 2.38. The second-order valence-electron chi connectivity index (χ2n) is 7.36. The smallest absolute Gasteiger partial charge is 0.449 e. The summed E-state index contributed by atoms with van der Waals surface area (Å²) in [5, 5.41) is -0.152. The Hall–Kier alpha value is -4.07. The monoisotopic (exact) mass is 454 g/mol. The number of hydrogen-bond acceptors (Lipinski definition) is 5. The van der Waals surface area contributed by atoms with E-state index in [1.165, 1.54) is 24.3 Å². The van der Waals surface area contributed by atoms with Crippen LogP contribution in [-0.2, 0) is 6.18 Å². The third-order valence-corrected chi connectivity index (χ3v) is 4.90. The van der Waals surface area contributed by atoms with E-state index in [1.807, 2.05) is 0 Å². The normalized spacial score (nSPS) is 11.4. The molecule has 0 spiro atoms. The summed E-state index contributed by atoms with van der Waals surface area (Å²) >= 11 is 0. The maximum Gasteiger partial charge on any atom is 0.453 e. The number of ether oxygens (including phenoxy) is 2. The fourth-order valence-electron chi connectivity index (χ4n) is 3.19. The van der Waals surface area contributed by atoms with Crippen LogP contribution in [0.5, 0.6) is 17.2 Å². The van der Waals surface area contributed by atoms with Crippen LogP contribution in [-0.4, -0.2) is 5.97 Å². The summed E-state index contributed by atoms with van der Waals surface area (Å²) in [4.78, 5) is 25.3. The van der Waals surface area contributed by atoms with E-state index in [9.17, 15) is 22.8 Å². The van der Waals surface area contributed by atoms with Gasteiger partial charge in [0.05, 0.1) is 10.9 Å². The van der Waals surface area contributed by atoms with E-state index in [2.05, 4.69) is 0 Å². The van der Waals surface area contributed by atoms with Gasteiger partial charge in [-0.15, -0.1) is 0 Å². The molecule has 5 nitrogen and oxygen atoms in total. The van der Waals surface area contributed by atoms with E-state index in [0.29, 0.717) is 11.1 Å². The topological polar surface area (TPSA) is 65.7 Å². The Kier molecular flexibility index (Phi) is 5.68. The maximum absolute atomic E-state index is 13.7. The minimum atomic E-state index is -5.00. The molecule has 3 aromatic carbocycles. The van der Waals surface area contributed by atoms with Crippen LogP contribution in [0.3, 0.4) is 0 Å². The Morgan fingerprint density at radius 2 is 1.58 bits per heavy atom. The summed E-state index contributed by atoms with van der Waals surface area (Å²) in [6.45, 7) is 3.53. The summed E-state index contributed by atoms with van der Waals surface area (Å²) < 4.78 is 56.7. The highest BCUT2D eigenvalue weighted by molar-refractivity contribution is 5.93. The fourth-order valence-corrected chi connectivity index (χ4v) is 3.19. The Morgan fingerprint density at radius 1 is 0.909 bits per heavy atom. The number of halogens is 3. The van der Waals surface area contributed by atoms with Gasteiger partial charge in [0, 0.05) is 6.07 Å². The first-order valence-electron chi connectivity index (χ1n) is 9.84. The lowest BCUT2D eigenvalue weighted by Crippen LogP contribution is -2.15. The van der Waals surface area contributed by atoms with Crippen molar-refractivity contribution in [2.75, 3.05) is 0 Å². The second-order valence-corrected chi connectivity index (χ2v) is 7.36. The zero-order valence-corrected chi connectivity index (χ0v) is 17.5. The number of hydrogen-bond donors (Lipinski definition) is 0. The average molecular weight is 454 g/mol. The van der Waals surface area contributed by atoms with Gasteiger partial charge in [0.25, 0.3) is 5.76 Å². The van der Waals surface area contributed by atoms with Crippen molar-refractivity contribution in [3.05, 3.63) is 99.4 Å². The molecule has 0 saturated carbocycles. The number of esters is 1. The molecular formula is C25H17F3O5. The predicted octanol–water partition coefficient (Wildman–Crippen LogP) is 6.44. The molecule has 0 amide bonds. The van der Waals surface area contributed by atoms with Gasteiger partial charge in [-0.2, -0.15) is 13.2 Å². The minimum absolute atomic E-state index is 0.0570. The van der Waals surface area contributed by atoms with E-state index in [-0.39, 0.29) is 16.9 Å². The summed E-state index contributed by atoms with van der Waals surface area (Å²) in [5.41, 5.74) is 0.459. The van der Waals surface area contributed by atoms with Gasteiger partial charge in [-0.05, 0) is 49.7 Å². The number of fused-ring (bicyclic) bond motifs is 1. The maximum atomic E-state index is 13.7. The lowest BCUT2D eigenvalue weighted by molar-refractivity contribution is -0.154. The molecule has 0 fully saturated rings. The van der Waals surface area contributed by atoms with Crippen molar-refractivity contribution in [1.29, 1.82) is 0 Å². The molecular weight excluding hydrogens is 437 g/mol. The number of carbonyl (C=O) groups excluding carboxylic acids is 1. The third kappa shape index (κ3) is 4.59. The number of aryl methyl sites for hydroxylation is 2. The van der Waals surface area contributed by atoms with Gasteiger partial charge in [-0.3, -0.25) is 4.79 Å². The van der Waals surface area contributed by atoms with Gasteiger partial charge in [0.15, 0.2) is 0 Å². The average Bonchev–Trinajstić information content (AvgIpc) is 2.76. The molecule has 0 bridgehead atoms. The Balaban J connectivity index is 1.76. The molecule has 4 rings (SSSR count). The molecule has 4 aromatic rings. The third-order valence-electron chi connectivity index (χ3n) is 4.90. The van der Waals surface area contributed by atoms with Crippen LogP contribution in [0, 0.1) is 13.8 Å². The van der Waals surface area contributed by atoms with Gasteiger partial charge in [0.2, 0.25) is 11.2 Å². The lowest BCUT2D eigenvalue weighted by Gasteiger charge is -2.14. The van der Waals surface area contributed by atoms with Crippen LogP contribution in [0.2, 0.25) is 0 Å². The van der Waals surface area contributed by atoms with Crippen LogP contribution < -0.4 is 14.9 Å². The van der Waals surface area contributed by atoms with E-state index in [1.54, 1.807) is 50.2 Å². The summed E-state index contributed by atoms with van der Waals surface area (Å²) in [6.07, 6.45) is -5.00. The molecule has 0 radical (unpaired) electrons. The van der Waals surface area contributed by atoms with Crippen molar-refractivity contribution in [2.45, 2.75) is 20.0 Å². The minimum Gasteiger partial charge on any atom is -0.449 e. The first-order valence-corrected chi connectivity index (χ1v) is 9.84. The highest BCUT2D eigenvalue weighted by atomic mass is 19.4. The largest absolute Gasteiger partial charge is 0.453 e. The van der Waals surface area contributed by atoms with Crippen LogP contribution in [0.15, 0.2) is 75.9 Å². The van der Waals surface area contributed by atoms with Crippen molar-refractivity contribution in [1.82, 2.24) is 0 Å². The number of rotatable bonds is 4. The fraction of sp³-hybridized carbons (Fsp3) is 0.120. The van der Waals surface area contributed by atoms with Crippen LogP contribution in [0.4, 0.5) is 13.2 Å². The van der Waals surface area contributed by atoms with Crippen LogP contribution >= 0.6 is 0 Å². The lowest BCUT2D eigenvalue weighted by atomic mass is 10.1. The number of benzene rings is 3. The standard InChI is InChI=1S/C25H17F3O5/c1-14-7-9-16(10-8-14)31-22-21(29)19-12-11-17(13-20(19)33-23(22)25(26,27)28)32-24(30)18-6-4-3-5-15(18)2/h3-13H,1-2H3. The molecule has 0 aliphatic heterocycles. The zero-order chi connectivity index (χ0) is 23.8. The van der Waals surface area contributed by atoms with E-state index >= 15 is 0 Å². The molecule has 168 valence electrons. The summed E-state index contributed by atoms with van der Waals surface area (Å²) in [7, 11) is 0. The first kappa shape index (κ1) is 22.1.